The Bertz CT molecular complexity index is 456. The van der Waals surface area contributed by atoms with Gasteiger partial charge in [-0.2, -0.15) is 0 Å². The van der Waals surface area contributed by atoms with Crippen LogP contribution in [0.2, 0.25) is 0 Å². The highest BCUT2D eigenvalue weighted by Crippen LogP contribution is 2.25. The number of ether oxygens (including phenoxy) is 1. The third-order valence-electron chi connectivity index (χ3n) is 1.93. The lowest BCUT2D eigenvalue weighted by Gasteiger charge is -2.06. The van der Waals surface area contributed by atoms with Gasteiger partial charge in [0.1, 0.15) is 5.75 Å². The molecule has 2 aromatic rings. The van der Waals surface area contributed by atoms with E-state index in [1.165, 1.54) is 12.1 Å². The minimum atomic E-state index is -0.459. The monoisotopic (exact) mass is 203 g/mol. The lowest BCUT2D eigenvalue weighted by Crippen LogP contribution is -1.90. The Morgan fingerprint density at radius 2 is 1.73 bits per heavy atom. The first-order valence-corrected chi connectivity index (χ1v) is 4.53. The molecule has 0 radical (unpaired) electrons. The van der Waals surface area contributed by atoms with Crippen molar-refractivity contribution in [2.24, 2.45) is 0 Å². The molecule has 3 heteroatoms. The summed E-state index contributed by atoms with van der Waals surface area (Å²) >= 11 is 0. The molecule has 0 spiro atoms. The molecule has 0 bridgehead atoms. The Morgan fingerprint density at radius 3 is 2.40 bits per heavy atom. The number of nitrogens with two attached hydrogens (primary N) is 1. The fraction of sp³-hybridized carbons (Fsp3) is 0. The molecule has 0 saturated heterocycles. The molecule has 15 heavy (non-hydrogen) atoms. The van der Waals surface area contributed by atoms with Gasteiger partial charge in [0.15, 0.2) is 11.6 Å². The number of rotatable bonds is 2. The number of halogens is 1. The van der Waals surface area contributed by atoms with Crippen molar-refractivity contribution in [2.45, 2.75) is 0 Å². The van der Waals surface area contributed by atoms with Crippen LogP contribution in [0.5, 0.6) is 11.5 Å². The van der Waals surface area contributed by atoms with Gasteiger partial charge in [-0.1, -0.05) is 18.2 Å². The van der Waals surface area contributed by atoms with Crippen molar-refractivity contribution in [2.75, 3.05) is 5.73 Å². The van der Waals surface area contributed by atoms with Gasteiger partial charge in [-0.25, -0.2) is 4.39 Å². The summed E-state index contributed by atoms with van der Waals surface area (Å²) in [7, 11) is 0. The summed E-state index contributed by atoms with van der Waals surface area (Å²) in [6.45, 7) is 0. The molecule has 0 aromatic heterocycles. The molecule has 76 valence electrons. The zero-order valence-corrected chi connectivity index (χ0v) is 7.98. The van der Waals surface area contributed by atoms with E-state index in [0.29, 0.717) is 11.4 Å². The van der Waals surface area contributed by atoms with Gasteiger partial charge in [-0.05, 0) is 24.3 Å². The predicted molar refractivity (Wildman–Crippen MR) is 57.3 cm³/mol. The van der Waals surface area contributed by atoms with Crippen molar-refractivity contribution in [3.8, 4) is 11.5 Å². The van der Waals surface area contributed by atoms with Crippen molar-refractivity contribution in [3.05, 3.63) is 54.3 Å². The molecule has 2 rings (SSSR count). The minimum Gasteiger partial charge on any atom is -0.454 e. The Morgan fingerprint density at radius 1 is 1.00 bits per heavy atom. The van der Waals surface area contributed by atoms with E-state index >= 15 is 0 Å². The van der Waals surface area contributed by atoms with Gasteiger partial charge in [-0.15, -0.1) is 0 Å². The first kappa shape index (κ1) is 9.52. The van der Waals surface area contributed by atoms with Crippen molar-refractivity contribution in [3.63, 3.8) is 0 Å². The first-order valence-electron chi connectivity index (χ1n) is 4.53. The standard InChI is InChI=1S/C12H10FNO/c13-11-8-9(14)6-7-12(11)15-10-4-2-1-3-5-10/h1-8H,14H2. The Hall–Kier alpha value is -2.03. The quantitative estimate of drug-likeness (QED) is 0.760. The maximum absolute atomic E-state index is 13.3. The molecule has 0 fully saturated rings. The molecule has 0 atom stereocenters. The van der Waals surface area contributed by atoms with Crippen molar-refractivity contribution >= 4 is 5.69 Å². The van der Waals surface area contributed by atoms with E-state index in [0.717, 1.165) is 0 Å². The van der Waals surface area contributed by atoms with Crippen LogP contribution in [0.3, 0.4) is 0 Å². The summed E-state index contributed by atoms with van der Waals surface area (Å²) in [5.74, 6) is 0.315. The van der Waals surface area contributed by atoms with E-state index in [1.54, 1.807) is 18.2 Å². The second kappa shape index (κ2) is 4.00. The van der Waals surface area contributed by atoms with E-state index in [-0.39, 0.29) is 5.75 Å². The van der Waals surface area contributed by atoms with Gasteiger partial charge in [0, 0.05) is 11.8 Å². The van der Waals surface area contributed by atoms with Gasteiger partial charge >= 0.3 is 0 Å². The van der Waals surface area contributed by atoms with Crippen molar-refractivity contribution < 1.29 is 9.13 Å². The van der Waals surface area contributed by atoms with Crippen LogP contribution >= 0.6 is 0 Å². The summed E-state index contributed by atoms with van der Waals surface area (Å²) < 4.78 is 18.7. The van der Waals surface area contributed by atoms with Crippen LogP contribution in [0.15, 0.2) is 48.5 Å². The van der Waals surface area contributed by atoms with Crippen LogP contribution in [-0.2, 0) is 0 Å². The Balaban J connectivity index is 2.25. The normalized spacial score (nSPS) is 9.93. The zero-order valence-electron chi connectivity index (χ0n) is 7.98. The fourth-order valence-electron chi connectivity index (χ4n) is 1.22. The highest BCUT2D eigenvalue weighted by atomic mass is 19.1. The molecule has 2 N–H and O–H groups in total. The molecule has 2 nitrogen and oxygen atoms in total. The van der Waals surface area contributed by atoms with Crippen LogP contribution in [0, 0.1) is 5.82 Å². The average molecular weight is 203 g/mol. The highest BCUT2D eigenvalue weighted by Gasteiger charge is 2.04. The van der Waals surface area contributed by atoms with E-state index in [1.807, 2.05) is 18.2 Å². The molecule has 0 aliphatic rings. The smallest absolute Gasteiger partial charge is 0.167 e. The third-order valence-corrected chi connectivity index (χ3v) is 1.93. The summed E-state index contributed by atoms with van der Waals surface area (Å²) in [4.78, 5) is 0. The molecule has 0 heterocycles. The van der Waals surface area contributed by atoms with E-state index in [4.69, 9.17) is 10.5 Å². The summed E-state index contributed by atoms with van der Waals surface area (Å²) in [6, 6.07) is 13.4. The first-order chi connectivity index (χ1) is 7.25. The number of hydrogen-bond donors (Lipinski definition) is 1. The van der Waals surface area contributed by atoms with Gasteiger partial charge in [-0.3, -0.25) is 0 Å². The Labute approximate surface area is 87.1 Å². The van der Waals surface area contributed by atoms with E-state index in [9.17, 15) is 4.39 Å². The molecule has 0 saturated carbocycles. The lowest BCUT2D eigenvalue weighted by atomic mass is 10.3. The maximum Gasteiger partial charge on any atom is 0.167 e. The second-order valence-corrected chi connectivity index (χ2v) is 3.10. The van der Waals surface area contributed by atoms with E-state index < -0.39 is 5.82 Å². The predicted octanol–water partition coefficient (Wildman–Crippen LogP) is 3.20. The number of hydrogen-bond acceptors (Lipinski definition) is 2. The summed E-state index contributed by atoms with van der Waals surface area (Å²) in [5, 5.41) is 0. The van der Waals surface area contributed by atoms with Crippen molar-refractivity contribution in [1.82, 2.24) is 0 Å². The van der Waals surface area contributed by atoms with Gasteiger partial charge < -0.3 is 10.5 Å². The van der Waals surface area contributed by atoms with Crippen LogP contribution in [0.25, 0.3) is 0 Å². The number of nitrogen functional groups attached to an aromatic ring is 1. The molecular weight excluding hydrogens is 193 g/mol. The average Bonchev–Trinajstić information content (AvgIpc) is 2.24. The van der Waals surface area contributed by atoms with E-state index in [2.05, 4.69) is 0 Å². The molecular formula is C12H10FNO. The van der Waals surface area contributed by atoms with Gasteiger partial charge in [0.2, 0.25) is 0 Å². The highest BCUT2D eigenvalue weighted by molar-refractivity contribution is 5.44. The minimum absolute atomic E-state index is 0.176. The van der Waals surface area contributed by atoms with Crippen LogP contribution in [0.4, 0.5) is 10.1 Å². The molecule has 0 aliphatic heterocycles. The Kier molecular flexibility index (Phi) is 2.54. The van der Waals surface area contributed by atoms with Gasteiger partial charge in [0.25, 0.3) is 0 Å². The number of benzene rings is 2. The maximum atomic E-state index is 13.3. The largest absolute Gasteiger partial charge is 0.454 e. The lowest BCUT2D eigenvalue weighted by molar-refractivity contribution is 0.442. The molecule has 0 unspecified atom stereocenters. The second-order valence-electron chi connectivity index (χ2n) is 3.10. The van der Waals surface area contributed by atoms with Gasteiger partial charge in [0.05, 0.1) is 0 Å². The topological polar surface area (TPSA) is 35.2 Å². The molecule has 0 aliphatic carbocycles. The third kappa shape index (κ3) is 2.26. The molecule has 2 aromatic carbocycles. The SMILES string of the molecule is Nc1ccc(Oc2ccccc2)c(F)c1. The van der Waals surface area contributed by atoms with Crippen LogP contribution in [0.1, 0.15) is 0 Å². The zero-order chi connectivity index (χ0) is 10.7. The summed E-state index contributed by atoms with van der Waals surface area (Å²) in [5.41, 5.74) is 5.81. The molecule has 0 amide bonds. The van der Waals surface area contributed by atoms with Crippen LogP contribution < -0.4 is 10.5 Å². The number of para-hydroxylation sites is 1. The van der Waals surface area contributed by atoms with Crippen molar-refractivity contribution in [1.29, 1.82) is 0 Å². The summed E-state index contributed by atoms with van der Waals surface area (Å²) in [6.07, 6.45) is 0. The fourth-order valence-corrected chi connectivity index (χ4v) is 1.22. The number of anilines is 1. The van der Waals surface area contributed by atoms with Crippen LogP contribution in [-0.4, -0.2) is 0 Å².